The lowest BCUT2D eigenvalue weighted by molar-refractivity contribution is -0.137. The Balaban J connectivity index is 2.55. The molecule has 1 atom stereocenters. The van der Waals surface area contributed by atoms with E-state index in [0.717, 1.165) is 18.6 Å². The van der Waals surface area contributed by atoms with Crippen LogP contribution < -0.4 is 5.73 Å². The van der Waals surface area contributed by atoms with E-state index in [1.807, 2.05) is 6.92 Å². The number of alkyl halides is 3. The number of rotatable bonds is 4. The minimum Gasteiger partial charge on any atom is -0.383 e. The number of halogens is 3. The van der Waals surface area contributed by atoms with E-state index in [4.69, 9.17) is 10.5 Å². The highest BCUT2D eigenvalue weighted by Gasteiger charge is 2.31. The van der Waals surface area contributed by atoms with Gasteiger partial charge < -0.3 is 15.0 Å². The smallest absolute Gasteiger partial charge is 0.383 e. The Labute approximate surface area is 114 Å². The third-order valence-corrected chi connectivity index (χ3v) is 3.24. The molecular formula is C13H16F3N3O. The number of nitrogens with two attached hydrogens (primary N) is 1. The molecule has 1 aromatic carbocycles. The van der Waals surface area contributed by atoms with Crippen molar-refractivity contribution in [2.24, 2.45) is 0 Å². The van der Waals surface area contributed by atoms with Gasteiger partial charge in [-0.3, -0.25) is 0 Å². The molecule has 110 valence electrons. The van der Waals surface area contributed by atoms with Crippen molar-refractivity contribution in [3.8, 4) is 0 Å². The first kappa shape index (κ1) is 14.6. The quantitative estimate of drug-likeness (QED) is 0.939. The summed E-state index contributed by atoms with van der Waals surface area (Å²) < 4.78 is 44.9. The monoisotopic (exact) mass is 287 g/mol. The van der Waals surface area contributed by atoms with E-state index in [1.54, 1.807) is 11.7 Å². The Hall–Kier alpha value is -1.76. The standard InChI is InChI=1S/C13H16F3N3O/c1-3-9(7-20-2)19-11-5-4-8(13(14,15)16)6-10(11)18-12(19)17/h4-6,9H,3,7H2,1-2H3,(H2,17,18). The van der Waals surface area contributed by atoms with Crippen LogP contribution in [0, 0.1) is 0 Å². The number of anilines is 1. The van der Waals surface area contributed by atoms with Crippen LogP contribution >= 0.6 is 0 Å². The summed E-state index contributed by atoms with van der Waals surface area (Å²) in [6.07, 6.45) is -3.64. The van der Waals surface area contributed by atoms with Gasteiger partial charge in [-0.2, -0.15) is 13.2 Å². The molecule has 1 heterocycles. The van der Waals surface area contributed by atoms with E-state index in [2.05, 4.69) is 4.98 Å². The van der Waals surface area contributed by atoms with E-state index in [9.17, 15) is 13.2 Å². The van der Waals surface area contributed by atoms with Crippen LogP contribution in [0.25, 0.3) is 11.0 Å². The summed E-state index contributed by atoms with van der Waals surface area (Å²) in [5.74, 6) is 0.197. The molecule has 0 amide bonds. The zero-order chi connectivity index (χ0) is 14.9. The van der Waals surface area contributed by atoms with Crippen LogP contribution in [0.15, 0.2) is 18.2 Å². The van der Waals surface area contributed by atoms with Gasteiger partial charge in [0.25, 0.3) is 0 Å². The number of benzene rings is 1. The first-order valence-corrected chi connectivity index (χ1v) is 6.22. The van der Waals surface area contributed by atoms with Crippen molar-refractivity contribution >= 4 is 17.0 Å². The van der Waals surface area contributed by atoms with Gasteiger partial charge in [-0.05, 0) is 24.6 Å². The summed E-state index contributed by atoms with van der Waals surface area (Å²) in [5.41, 5.74) is 5.93. The second kappa shape index (κ2) is 5.32. The summed E-state index contributed by atoms with van der Waals surface area (Å²) >= 11 is 0. The van der Waals surface area contributed by atoms with Crippen LogP contribution in [0.1, 0.15) is 24.9 Å². The average molecular weight is 287 g/mol. The topological polar surface area (TPSA) is 53.1 Å². The molecule has 0 spiro atoms. The van der Waals surface area contributed by atoms with Crippen LogP contribution in [-0.4, -0.2) is 23.3 Å². The van der Waals surface area contributed by atoms with Gasteiger partial charge in [-0.15, -0.1) is 0 Å². The van der Waals surface area contributed by atoms with E-state index in [1.165, 1.54) is 6.07 Å². The molecule has 2 rings (SSSR count). The van der Waals surface area contributed by atoms with Gasteiger partial charge >= 0.3 is 6.18 Å². The molecule has 0 saturated carbocycles. The van der Waals surface area contributed by atoms with Gasteiger partial charge in [0.2, 0.25) is 5.95 Å². The van der Waals surface area contributed by atoms with Crippen molar-refractivity contribution in [2.75, 3.05) is 19.5 Å². The second-order valence-corrected chi connectivity index (χ2v) is 4.56. The number of aromatic nitrogens is 2. The SMILES string of the molecule is CCC(COC)n1c(N)nc2cc(C(F)(F)F)ccc21. The first-order chi connectivity index (χ1) is 9.38. The molecule has 0 radical (unpaired) electrons. The summed E-state index contributed by atoms with van der Waals surface area (Å²) in [5, 5.41) is 0. The number of hydrogen-bond acceptors (Lipinski definition) is 3. The maximum absolute atomic E-state index is 12.7. The predicted octanol–water partition coefficient (Wildman–Crippen LogP) is 3.23. The molecule has 0 aliphatic rings. The van der Waals surface area contributed by atoms with E-state index in [0.29, 0.717) is 12.1 Å². The molecule has 0 aliphatic heterocycles. The zero-order valence-corrected chi connectivity index (χ0v) is 11.2. The zero-order valence-electron chi connectivity index (χ0n) is 11.2. The van der Waals surface area contributed by atoms with Crippen LogP contribution in [0.3, 0.4) is 0 Å². The number of ether oxygens (including phenoxy) is 1. The van der Waals surface area contributed by atoms with Gasteiger partial charge in [0.15, 0.2) is 0 Å². The summed E-state index contributed by atoms with van der Waals surface area (Å²) in [7, 11) is 1.57. The van der Waals surface area contributed by atoms with E-state index < -0.39 is 11.7 Å². The average Bonchev–Trinajstić information content (AvgIpc) is 2.70. The lowest BCUT2D eigenvalue weighted by Gasteiger charge is -2.18. The Morgan fingerprint density at radius 2 is 2.10 bits per heavy atom. The van der Waals surface area contributed by atoms with Crippen molar-refractivity contribution in [3.05, 3.63) is 23.8 Å². The minimum absolute atomic E-state index is 0.0539. The minimum atomic E-state index is -4.39. The van der Waals surface area contributed by atoms with E-state index in [-0.39, 0.29) is 17.5 Å². The molecular weight excluding hydrogens is 271 g/mol. The molecule has 1 unspecified atom stereocenters. The Kier molecular flexibility index (Phi) is 3.89. The number of hydrogen-bond donors (Lipinski definition) is 1. The number of nitrogens with zero attached hydrogens (tertiary/aromatic N) is 2. The second-order valence-electron chi connectivity index (χ2n) is 4.56. The predicted molar refractivity (Wildman–Crippen MR) is 70.4 cm³/mol. The number of imidazole rings is 1. The molecule has 0 aliphatic carbocycles. The molecule has 7 heteroatoms. The molecule has 20 heavy (non-hydrogen) atoms. The molecule has 1 aromatic heterocycles. The summed E-state index contributed by atoms with van der Waals surface area (Å²) in [4.78, 5) is 4.02. The van der Waals surface area contributed by atoms with Crippen molar-refractivity contribution in [1.29, 1.82) is 0 Å². The van der Waals surface area contributed by atoms with Crippen molar-refractivity contribution in [2.45, 2.75) is 25.6 Å². The van der Waals surface area contributed by atoms with Gasteiger partial charge in [-0.25, -0.2) is 4.98 Å². The fraction of sp³-hybridized carbons (Fsp3) is 0.462. The fourth-order valence-corrected chi connectivity index (χ4v) is 2.24. The number of nitrogen functional groups attached to an aromatic ring is 1. The van der Waals surface area contributed by atoms with Crippen molar-refractivity contribution in [1.82, 2.24) is 9.55 Å². The lowest BCUT2D eigenvalue weighted by atomic mass is 10.1. The third kappa shape index (κ3) is 2.58. The maximum atomic E-state index is 12.7. The molecule has 0 saturated heterocycles. The Bertz CT molecular complexity index is 607. The largest absolute Gasteiger partial charge is 0.416 e. The van der Waals surface area contributed by atoms with Gasteiger partial charge in [0, 0.05) is 7.11 Å². The Morgan fingerprint density at radius 1 is 1.40 bits per heavy atom. The van der Waals surface area contributed by atoms with Crippen LogP contribution in [0.4, 0.5) is 19.1 Å². The number of fused-ring (bicyclic) bond motifs is 1. The lowest BCUT2D eigenvalue weighted by Crippen LogP contribution is -2.16. The van der Waals surface area contributed by atoms with Gasteiger partial charge in [0.05, 0.1) is 29.2 Å². The van der Waals surface area contributed by atoms with Crippen molar-refractivity contribution in [3.63, 3.8) is 0 Å². The molecule has 4 nitrogen and oxygen atoms in total. The van der Waals surface area contributed by atoms with Crippen LogP contribution in [0.5, 0.6) is 0 Å². The van der Waals surface area contributed by atoms with Crippen LogP contribution in [0.2, 0.25) is 0 Å². The highest BCUT2D eigenvalue weighted by Crippen LogP contribution is 2.33. The molecule has 0 bridgehead atoms. The summed E-state index contributed by atoms with van der Waals surface area (Å²) in [6.45, 7) is 2.38. The Morgan fingerprint density at radius 3 is 2.65 bits per heavy atom. The number of methoxy groups -OCH3 is 1. The molecule has 0 fully saturated rings. The third-order valence-electron chi connectivity index (χ3n) is 3.24. The molecule has 2 aromatic rings. The summed E-state index contributed by atoms with van der Waals surface area (Å²) in [6, 6.07) is 3.41. The highest BCUT2D eigenvalue weighted by molar-refractivity contribution is 5.79. The highest BCUT2D eigenvalue weighted by atomic mass is 19.4. The van der Waals surface area contributed by atoms with Gasteiger partial charge in [0.1, 0.15) is 0 Å². The fourth-order valence-electron chi connectivity index (χ4n) is 2.24. The first-order valence-electron chi connectivity index (χ1n) is 6.22. The van der Waals surface area contributed by atoms with Crippen LogP contribution in [-0.2, 0) is 10.9 Å². The van der Waals surface area contributed by atoms with Crippen molar-refractivity contribution < 1.29 is 17.9 Å². The van der Waals surface area contributed by atoms with E-state index >= 15 is 0 Å². The molecule has 2 N–H and O–H groups in total. The van der Waals surface area contributed by atoms with Gasteiger partial charge in [-0.1, -0.05) is 6.92 Å². The normalized spacial score (nSPS) is 13.8. The maximum Gasteiger partial charge on any atom is 0.416 e.